The van der Waals surface area contributed by atoms with Crippen molar-refractivity contribution < 1.29 is 28.5 Å². The first kappa shape index (κ1) is 22.2. The van der Waals surface area contributed by atoms with Gasteiger partial charge in [0.1, 0.15) is 0 Å². The first-order valence-electron chi connectivity index (χ1n) is 9.49. The van der Waals surface area contributed by atoms with E-state index >= 15 is 0 Å². The smallest absolute Gasteiger partial charge is 0.252 e. The van der Waals surface area contributed by atoms with Gasteiger partial charge in [-0.05, 0) is 50.6 Å². The molecule has 158 valence electrons. The van der Waals surface area contributed by atoms with Crippen molar-refractivity contribution in [3.05, 3.63) is 41.5 Å². The second kappa shape index (κ2) is 10.5. The molecule has 29 heavy (non-hydrogen) atoms. The molecule has 1 N–H and O–H groups in total. The minimum Gasteiger partial charge on any atom is -0.493 e. The fraction of sp³-hybridized carbons (Fsp3) is 0.409. The monoisotopic (exact) mass is 403 g/mol. The van der Waals surface area contributed by atoms with Crippen molar-refractivity contribution >= 4 is 5.91 Å². The largest absolute Gasteiger partial charge is 0.493 e. The van der Waals surface area contributed by atoms with E-state index in [-0.39, 0.29) is 11.9 Å². The van der Waals surface area contributed by atoms with Crippen LogP contribution in [0.5, 0.6) is 28.7 Å². The SMILES string of the molecule is CCOc1ccc([C@@H](C)NC(=O)c2cc(OC)c(OC)c(OC)c2)cc1OCC. The van der Waals surface area contributed by atoms with E-state index in [0.717, 1.165) is 5.56 Å². The summed E-state index contributed by atoms with van der Waals surface area (Å²) < 4.78 is 27.2. The number of hydrogen-bond acceptors (Lipinski definition) is 6. The van der Waals surface area contributed by atoms with Gasteiger partial charge in [0, 0.05) is 5.56 Å². The predicted molar refractivity (Wildman–Crippen MR) is 111 cm³/mol. The van der Waals surface area contributed by atoms with Crippen LogP contribution >= 0.6 is 0 Å². The van der Waals surface area contributed by atoms with Crippen LogP contribution in [0.2, 0.25) is 0 Å². The molecule has 2 aromatic carbocycles. The number of amides is 1. The molecule has 0 aromatic heterocycles. The summed E-state index contributed by atoms with van der Waals surface area (Å²) in [6.45, 7) is 6.81. The van der Waals surface area contributed by atoms with Gasteiger partial charge in [-0.3, -0.25) is 4.79 Å². The normalized spacial score (nSPS) is 11.4. The van der Waals surface area contributed by atoms with Crippen LogP contribution in [0.25, 0.3) is 0 Å². The second-order valence-electron chi connectivity index (χ2n) is 6.18. The van der Waals surface area contributed by atoms with Crippen LogP contribution in [-0.4, -0.2) is 40.5 Å². The number of carbonyl (C=O) groups is 1. The van der Waals surface area contributed by atoms with Crippen LogP contribution in [0.3, 0.4) is 0 Å². The zero-order valence-corrected chi connectivity index (χ0v) is 17.8. The maximum atomic E-state index is 12.8. The number of benzene rings is 2. The van der Waals surface area contributed by atoms with Crippen molar-refractivity contribution in [3.8, 4) is 28.7 Å². The molecule has 0 bridgehead atoms. The number of hydrogen-bond donors (Lipinski definition) is 1. The van der Waals surface area contributed by atoms with E-state index in [0.29, 0.717) is 47.5 Å². The summed E-state index contributed by atoms with van der Waals surface area (Å²) in [4.78, 5) is 12.8. The van der Waals surface area contributed by atoms with E-state index in [1.165, 1.54) is 21.3 Å². The van der Waals surface area contributed by atoms with Crippen LogP contribution in [0, 0.1) is 0 Å². The van der Waals surface area contributed by atoms with Gasteiger partial charge in [-0.25, -0.2) is 0 Å². The molecule has 0 saturated heterocycles. The molecule has 0 saturated carbocycles. The summed E-state index contributed by atoms with van der Waals surface area (Å²) in [5, 5.41) is 2.99. The maximum Gasteiger partial charge on any atom is 0.252 e. The Morgan fingerprint density at radius 3 is 1.97 bits per heavy atom. The molecule has 2 rings (SSSR count). The van der Waals surface area contributed by atoms with Gasteiger partial charge in [-0.1, -0.05) is 6.07 Å². The third-order valence-electron chi connectivity index (χ3n) is 4.34. The van der Waals surface area contributed by atoms with Crippen molar-refractivity contribution in [2.24, 2.45) is 0 Å². The Morgan fingerprint density at radius 1 is 0.862 bits per heavy atom. The number of ether oxygens (including phenoxy) is 5. The molecule has 0 aliphatic heterocycles. The molecule has 2 aromatic rings. The number of carbonyl (C=O) groups excluding carboxylic acids is 1. The lowest BCUT2D eigenvalue weighted by atomic mass is 10.1. The minimum atomic E-state index is -0.261. The summed E-state index contributed by atoms with van der Waals surface area (Å²) in [7, 11) is 4.54. The molecule has 0 radical (unpaired) electrons. The van der Waals surface area contributed by atoms with E-state index in [9.17, 15) is 4.79 Å². The van der Waals surface area contributed by atoms with E-state index < -0.39 is 0 Å². The summed E-state index contributed by atoms with van der Waals surface area (Å²) in [5.41, 5.74) is 1.31. The lowest BCUT2D eigenvalue weighted by Crippen LogP contribution is -2.26. The first-order chi connectivity index (χ1) is 14.0. The van der Waals surface area contributed by atoms with Crippen molar-refractivity contribution in [2.75, 3.05) is 34.5 Å². The molecule has 7 nitrogen and oxygen atoms in total. The zero-order chi connectivity index (χ0) is 21.4. The summed E-state index contributed by atoms with van der Waals surface area (Å²) in [6, 6.07) is 8.63. The van der Waals surface area contributed by atoms with Crippen LogP contribution < -0.4 is 29.0 Å². The van der Waals surface area contributed by atoms with Gasteiger partial charge < -0.3 is 29.0 Å². The van der Waals surface area contributed by atoms with E-state index in [4.69, 9.17) is 23.7 Å². The Bertz CT molecular complexity index is 811. The molecule has 1 atom stereocenters. The summed E-state index contributed by atoms with van der Waals surface area (Å²) >= 11 is 0. The zero-order valence-electron chi connectivity index (χ0n) is 17.8. The van der Waals surface area contributed by atoms with E-state index in [1.807, 2.05) is 39.0 Å². The van der Waals surface area contributed by atoms with Gasteiger partial charge in [-0.2, -0.15) is 0 Å². The molecular weight excluding hydrogens is 374 g/mol. The fourth-order valence-corrected chi connectivity index (χ4v) is 2.91. The van der Waals surface area contributed by atoms with Gasteiger partial charge in [0.2, 0.25) is 5.75 Å². The number of nitrogens with one attached hydrogen (secondary N) is 1. The van der Waals surface area contributed by atoms with Crippen LogP contribution in [0.1, 0.15) is 42.7 Å². The van der Waals surface area contributed by atoms with Gasteiger partial charge >= 0.3 is 0 Å². The molecular formula is C22H29NO6. The lowest BCUT2D eigenvalue weighted by Gasteiger charge is -2.18. The highest BCUT2D eigenvalue weighted by atomic mass is 16.5. The molecule has 0 fully saturated rings. The third-order valence-corrected chi connectivity index (χ3v) is 4.34. The highest BCUT2D eigenvalue weighted by Gasteiger charge is 2.19. The van der Waals surface area contributed by atoms with Crippen molar-refractivity contribution in [2.45, 2.75) is 26.8 Å². The quantitative estimate of drug-likeness (QED) is 0.646. The fourth-order valence-electron chi connectivity index (χ4n) is 2.91. The lowest BCUT2D eigenvalue weighted by molar-refractivity contribution is 0.0939. The molecule has 0 spiro atoms. The van der Waals surface area contributed by atoms with E-state index in [1.54, 1.807) is 12.1 Å². The average Bonchev–Trinajstić information content (AvgIpc) is 2.73. The van der Waals surface area contributed by atoms with Crippen LogP contribution in [0.4, 0.5) is 0 Å². The molecule has 0 heterocycles. The molecule has 7 heteroatoms. The highest BCUT2D eigenvalue weighted by molar-refractivity contribution is 5.95. The second-order valence-corrected chi connectivity index (χ2v) is 6.18. The van der Waals surface area contributed by atoms with Crippen molar-refractivity contribution in [1.82, 2.24) is 5.32 Å². The number of rotatable bonds is 10. The average molecular weight is 403 g/mol. The molecule has 0 aliphatic rings. The minimum absolute atomic E-state index is 0.253. The third kappa shape index (κ3) is 5.25. The molecule has 1 amide bonds. The van der Waals surface area contributed by atoms with Gasteiger partial charge in [0.15, 0.2) is 23.0 Å². The van der Waals surface area contributed by atoms with Crippen LogP contribution in [-0.2, 0) is 0 Å². The Hall–Kier alpha value is -3.09. The van der Waals surface area contributed by atoms with Gasteiger partial charge in [-0.15, -0.1) is 0 Å². The van der Waals surface area contributed by atoms with Crippen LogP contribution in [0.15, 0.2) is 30.3 Å². The summed E-state index contributed by atoms with van der Waals surface area (Å²) in [6.07, 6.45) is 0. The Balaban J connectivity index is 2.25. The molecule has 0 unspecified atom stereocenters. The first-order valence-corrected chi connectivity index (χ1v) is 9.49. The highest BCUT2D eigenvalue weighted by Crippen LogP contribution is 2.38. The standard InChI is InChI=1S/C22H29NO6/c1-7-28-17-10-9-15(11-18(17)29-8-2)14(3)23-22(24)16-12-19(25-4)21(27-6)20(13-16)26-5/h9-14H,7-8H2,1-6H3,(H,23,24)/t14-/m1/s1. The predicted octanol–water partition coefficient (Wildman–Crippen LogP) is 4.00. The number of methoxy groups -OCH3 is 3. The van der Waals surface area contributed by atoms with E-state index in [2.05, 4.69) is 5.32 Å². The summed E-state index contributed by atoms with van der Waals surface area (Å²) in [5.74, 6) is 2.35. The Morgan fingerprint density at radius 2 is 1.45 bits per heavy atom. The Labute approximate surface area is 171 Å². The topological polar surface area (TPSA) is 75.3 Å². The van der Waals surface area contributed by atoms with Crippen molar-refractivity contribution in [3.63, 3.8) is 0 Å². The van der Waals surface area contributed by atoms with Gasteiger partial charge in [0.05, 0.1) is 40.6 Å². The maximum absolute atomic E-state index is 12.8. The molecule has 0 aliphatic carbocycles. The van der Waals surface area contributed by atoms with Crippen molar-refractivity contribution in [1.29, 1.82) is 0 Å². The Kier molecular flexibility index (Phi) is 8.00. The van der Waals surface area contributed by atoms with Gasteiger partial charge in [0.25, 0.3) is 5.91 Å².